The quantitative estimate of drug-likeness (QED) is 0.817. The van der Waals surface area contributed by atoms with Crippen molar-refractivity contribution in [1.82, 2.24) is 4.72 Å². The molecule has 0 aromatic heterocycles. The normalized spacial score (nSPS) is 25.9. The summed E-state index contributed by atoms with van der Waals surface area (Å²) >= 11 is 0. The summed E-state index contributed by atoms with van der Waals surface area (Å²) in [6.45, 7) is 5.60. The molecule has 1 saturated carbocycles. The molecule has 0 aromatic rings. The van der Waals surface area contributed by atoms with E-state index in [2.05, 4.69) is 4.72 Å². The minimum absolute atomic E-state index is 0.0637. The number of carboxylic acid groups (broad SMARTS) is 1. The molecule has 0 radical (unpaired) electrons. The third-order valence-electron chi connectivity index (χ3n) is 2.99. The van der Waals surface area contributed by atoms with Crippen LogP contribution in [-0.2, 0) is 14.8 Å². The zero-order chi connectivity index (χ0) is 14.0. The van der Waals surface area contributed by atoms with E-state index in [-0.39, 0.29) is 17.2 Å². The van der Waals surface area contributed by atoms with Gasteiger partial charge in [-0.15, -0.1) is 0 Å². The summed E-state index contributed by atoms with van der Waals surface area (Å²) in [6, 6.07) is -0.229. The minimum atomic E-state index is -3.33. The lowest BCUT2D eigenvalue weighted by molar-refractivity contribution is -0.143. The van der Waals surface area contributed by atoms with Gasteiger partial charge < -0.3 is 5.11 Å². The van der Waals surface area contributed by atoms with E-state index in [4.69, 9.17) is 5.11 Å². The van der Waals surface area contributed by atoms with Gasteiger partial charge in [-0.3, -0.25) is 4.79 Å². The van der Waals surface area contributed by atoms with Crippen LogP contribution in [0, 0.1) is 11.3 Å². The second kappa shape index (κ2) is 5.57. The van der Waals surface area contributed by atoms with Crippen LogP contribution in [0.3, 0.4) is 0 Å². The lowest BCUT2D eigenvalue weighted by Crippen LogP contribution is -2.42. The van der Waals surface area contributed by atoms with E-state index in [1.807, 2.05) is 20.8 Å². The predicted octanol–water partition coefficient (Wildman–Crippen LogP) is 1.60. The van der Waals surface area contributed by atoms with Gasteiger partial charge in [-0.1, -0.05) is 27.2 Å². The first kappa shape index (κ1) is 15.4. The van der Waals surface area contributed by atoms with E-state index in [1.165, 1.54) is 0 Å². The number of carboxylic acids is 1. The highest BCUT2D eigenvalue weighted by atomic mass is 32.2. The molecule has 1 fully saturated rings. The Labute approximate surface area is 109 Å². The first-order valence-electron chi connectivity index (χ1n) is 6.32. The van der Waals surface area contributed by atoms with E-state index in [0.717, 1.165) is 12.8 Å². The molecule has 6 heteroatoms. The third-order valence-corrected chi connectivity index (χ3v) is 4.93. The van der Waals surface area contributed by atoms with Crippen molar-refractivity contribution in [1.29, 1.82) is 0 Å². The van der Waals surface area contributed by atoms with Crippen molar-refractivity contribution in [3.8, 4) is 0 Å². The van der Waals surface area contributed by atoms with Gasteiger partial charge in [0.2, 0.25) is 10.0 Å². The molecule has 0 bridgehead atoms. The molecule has 5 nitrogen and oxygen atoms in total. The van der Waals surface area contributed by atoms with Crippen LogP contribution >= 0.6 is 0 Å². The van der Waals surface area contributed by atoms with E-state index >= 15 is 0 Å². The smallest absolute Gasteiger partial charge is 0.306 e. The van der Waals surface area contributed by atoms with Gasteiger partial charge in [0.05, 0.1) is 11.7 Å². The van der Waals surface area contributed by atoms with Crippen molar-refractivity contribution >= 4 is 16.0 Å². The first-order chi connectivity index (χ1) is 8.09. The van der Waals surface area contributed by atoms with Gasteiger partial charge >= 0.3 is 5.97 Å². The fourth-order valence-corrected chi connectivity index (χ4v) is 4.33. The van der Waals surface area contributed by atoms with E-state index in [0.29, 0.717) is 12.8 Å². The Morgan fingerprint density at radius 2 is 1.94 bits per heavy atom. The zero-order valence-corrected chi connectivity index (χ0v) is 12.1. The van der Waals surface area contributed by atoms with Crippen LogP contribution in [0.15, 0.2) is 0 Å². The van der Waals surface area contributed by atoms with E-state index in [1.54, 1.807) is 0 Å². The molecule has 0 saturated heterocycles. The molecule has 106 valence electrons. The lowest BCUT2D eigenvalue weighted by Gasteiger charge is -2.28. The molecule has 2 atom stereocenters. The topological polar surface area (TPSA) is 83.5 Å². The summed E-state index contributed by atoms with van der Waals surface area (Å²) in [4.78, 5) is 10.9. The van der Waals surface area contributed by atoms with Crippen LogP contribution < -0.4 is 4.72 Å². The Kier molecular flexibility index (Phi) is 4.78. The molecule has 2 unspecified atom stereocenters. The minimum Gasteiger partial charge on any atom is -0.481 e. The maximum atomic E-state index is 11.9. The van der Waals surface area contributed by atoms with Gasteiger partial charge in [-0.05, 0) is 24.7 Å². The number of nitrogens with one attached hydrogen (secondary N) is 1. The zero-order valence-electron chi connectivity index (χ0n) is 11.3. The molecule has 1 aliphatic rings. The van der Waals surface area contributed by atoms with Gasteiger partial charge in [0.1, 0.15) is 0 Å². The van der Waals surface area contributed by atoms with Crippen LogP contribution in [0.4, 0.5) is 0 Å². The average molecular weight is 277 g/mol. The van der Waals surface area contributed by atoms with Crippen LogP contribution in [0.5, 0.6) is 0 Å². The van der Waals surface area contributed by atoms with Crippen molar-refractivity contribution in [3.63, 3.8) is 0 Å². The van der Waals surface area contributed by atoms with Crippen LogP contribution in [0.25, 0.3) is 0 Å². The molecule has 1 aliphatic carbocycles. The van der Waals surface area contributed by atoms with Gasteiger partial charge in [0.25, 0.3) is 0 Å². The predicted molar refractivity (Wildman–Crippen MR) is 69.8 cm³/mol. The first-order valence-corrected chi connectivity index (χ1v) is 7.97. The van der Waals surface area contributed by atoms with Crippen molar-refractivity contribution < 1.29 is 18.3 Å². The molecule has 2 N–H and O–H groups in total. The number of carbonyl (C=O) groups is 1. The largest absolute Gasteiger partial charge is 0.481 e. The Morgan fingerprint density at radius 1 is 1.33 bits per heavy atom. The Hall–Kier alpha value is -0.620. The number of hydrogen-bond acceptors (Lipinski definition) is 3. The second-order valence-electron chi connectivity index (χ2n) is 6.34. The number of sulfonamides is 1. The van der Waals surface area contributed by atoms with Gasteiger partial charge in [-0.2, -0.15) is 0 Å². The molecule has 0 heterocycles. The van der Waals surface area contributed by atoms with Gasteiger partial charge in [0, 0.05) is 6.04 Å². The maximum absolute atomic E-state index is 11.9. The van der Waals surface area contributed by atoms with Crippen LogP contribution in [0.1, 0.15) is 46.5 Å². The SMILES string of the molecule is CC(C)(C)CS(=O)(=O)NC1CCCC(C(=O)O)C1. The molecule has 0 spiro atoms. The van der Waals surface area contributed by atoms with Gasteiger partial charge in [-0.25, -0.2) is 13.1 Å². The number of rotatable bonds is 4. The molecular weight excluding hydrogens is 254 g/mol. The molecule has 18 heavy (non-hydrogen) atoms. The Bertz CT molecular complexity index is 397. The van der Waals surface area contributed by atoms with Crippen molar-refractivity contribution in [3.05, 3.63) is 0 Å². The molecule has 0 amide bonds. The Balaban J connectivity index is 2.59. The standard InChI is InChI=1S/C12H23NO4S/c1-12(2,3)8-18(16,17)13-10-6-4-5-9(7-10)11(14)15/h9-10,13H,4-8H2,1-3H3,(H,14,15). The van der Waals surface area contributed by atoms with Crippen molar-refractivity contribution in [2.24, 2.45) is 11.3 Å². The highest BCUT2D eigenvalue weighted by molar-refractivity contribution is 7.89. The van der Waals surface area contributed by atoms with Gasteiger partial charge in [0.15, 0.2) is 0 Å². The highest BCUT2D eigenvalue weighted by Crippen LogP contribution is 2.25. The summed E-state index contributed by atoms with van der Waals surface area (Å²) in [6.07, 6.45) is 2.54. The molecule has 0 aromatic carbocycles. The second-order valence-corrected chi connectivity index (χ2v) is 8.09. The van der Waals surface area contributed by atoms with E-state index in [9.17, 15) is 13.2 Å². The monoisotopic (exact) mass is 277 g/mol. The fraction of sp³-hybridized carbons (Fsp3) is 0.917. The summed E-state index contributed by atoms with van der Waals surface area (Å²) in [7, 11) is -3.33. The summed E-state index contributed by atoms with van der Waals surface area (Å²) in [5, 5.41) is 8.96. The average Bonchev–Trinajstić information content (AvgIpc) is 2.12. The fourth-order valence-electron chi connectivity index (χ4n) is 2.39. The van der Waals surface area contributed by atoms with Crippen LogP contribution in [-0.4, -0.2) is 31.3 Å². The van der Waals surface area contributed by atoms with Crippen molar-refractivity contribution in [2.45, 2.75) is 52.5 Å². The van der Waals surface area contributed by atoms with Crippen molar-refractivity contribution in [2.75, 3.05) is 5.75 Å². The number of hydrogen-bond donors (Lipinski definition) is 2. The van der Waals surface area contributed by atoms with E-state index < -0.39 is 21.9 Å². The maximum Gasteiger partial charge on any atom is 0.306 e. The Morgan fingerprint density at radius 3 is 2.44 bits per heavy atom. The molecule has 1 rings (SSSR count). The molecule has 0 aliphatic heterocycles. The summed E-state index contributed by atoms with van der Waals surface area (Å²) < 4.78 is 26.5. The van der Waals surface area contributed by atoms with Crippen LogP contribution in [0.2, 0.25) is 0 Å². The third kappa shape index (κ3) is 5.35. The highest BCUT2D eigenvalue weighted by Gasteiger charge is 2.30. The number of aliphatic carboxylic acids is 1. The lowest BCUT2D eigenvalue weighted by atomic mass is 9.86. The summed E-state index contributed by atoms with van der Waals surface area (Å²) in [5.74, 6) is -1.18. The molecular formula is C12H23NO4S. The summed E-state index contributed by atoms with van der Waals surface area (Å²) in [5.41, 5.74) is -0.299.